The summed E-state index contributed by atoms with van der Waals surface area (Å²) in [6, 6.07) is -0.0401. The molecule has 4 atom stereocenters. The zero-order valence-electron chi connectivity index (χ0n) is 15.9. The number of amides is 1. The Hall–Kier alpha value is -1.45. The lowest BCUT2D eigenvalue weighted by molar-refractivity contribution is -0.137. The van der Waals surface area contributed by atoms with Gasteiger partial charge in [-0.15, -0.1) is 0 Å². The number of nitrogens with zero attached hydrogens (tertiary/aromatic N) is 3. The average Bonchev–Trinajstić information content (AvgIpc) is 3.23. The molecule has 4 unspecified atom stereocenters. The molecular formula is C18H28N4O4S. The van der Waals surface area contributed by atoms with Gasteiger partial charge in [-0.05, 0) is 51.4 Å². The summed E-state index contributed by atoms with van der Waals surface area (Å²) >= 11 is 0. The highest BCUT2D eigenvalue weighted by molar-refractivity contribution is 7.89. The first kappa shape index (κ1) is 18.9. The molecule has 1 saturated heterocycles. The quantitative estimate of drug-likeness (QED) is 0.812. The van der Waals surface area contributed by atoms with E-state index >= 15 is 0 Å². The largest absolute Gasteiger partial charge is 0.360 e. The van der Waals surface area contributed by atoms with Gasteiger partial charge < -0.3 is 15.2 Å². The molecule has 150 valence electrons. The van der Waals surface area contributed by atoms with Crippen LogP contribution in [-0.2, 0) is 14.8 Å². The van der Waals surface area contributed by atoms with Crippen LogP contribution in [0.2, 0.25) is 0 Å². The molecule has 0 aromatic carbocycles. The van der Waals surface area contributed by atoms with Crippen molar-refractivity contribution < 1.29 is 17.7 Å². The summed E-state index contributed by atoms with van der Waals surface area (Å²) in [4.78, 5) is 15.1. The fourth-order valence-electron chi connectivity index (χ4n) is 5.24. The maximum Gasteiger partial charge on any atom is 0.248 e. The number of rotatable bonds is 3. The number of fused-ring (bicyclic) bond motifs is 2. The Labute approximate surface area is 160 Å². The van der Waals surface area contributed by atoms with Gasteiger partial charge in [-0.1, -0.05) is 5.16 Å². The monoisotopic (exact) mass is 396 g/mol. The van der Waals surface area contributed by atoms with Gasteiger partial charge in [0, 0.05) is 32.2 Å². The summed E-state index contributed by atoms with van der Waals surface area (Å²) in [7, 11) is -3.68. The molecule has 1 amide bonds. The summed E-state index contributed by atoms with van der Waals surface area (Å²) < 4.78 is 32.6. The first-order valence-corrected chi connectivity index (χ1v) is 11.2. The second-order valence-corrected chi connectivity index (χ2v) is 10.0. The molecule has 27 heavy (non-hydrogen) atoms. The van der Waals surface area contributed by atoms with E-state index in [1.807, 2.05) is 4.90 Å². The molecule has 2 heterocycles. The van der Waals surface area contributed by atoms with E-state index in [9.17, 15) is 13.2 Å². The lowest BCUT2D eigenvalue weighted by atomic mass is 9.84. The van der Waals surface area contributed by atoms with Crippen molar-refractivity contribution in [3.05, 3.63) is 11.5 Å². The third-order valence-electron chi connectivity index (χ3n) is 6.60. The molecule has 4 rings (SSSR count). The first-order chi connectivity index (χ1) is 12.8. The fraction of sp³-hybridized carbons (Fsp3) is 0.778. The van der Waals surface area contributed by atoms with Gasteiger partial charge in [0.05, 0.1) is 5.92 Å². The predicted octanol–water partition coefficient (Wildman–Crippen LogP) is 0.888. The number of hydrogen-bond donors (Lipinski definition) is 1. The normalized spacial score (nSPS) is 32.0. The van der Waals surface area contributed by atoms with E-state index in [0.717, 1.165) is 19.3 Å². The van der Waals surface area contributed by atoms with Crippen LogP contribution in [0.15, 0.2) is 9.42 Å². The van der Waals surface area contributed by atoms with Crippen LogP contribution >= 0.6 is 0 Å². The topological polar surface area (TPSA) is 110 Å². The molecule has 2 N–H and O–H groups in total. The Morgan fingerprint density at radius 3 is 2.52 bits per heavy atom. The molecule has 3 aliphatic rings. The van der Waals surface area contributed by atoms with Crippen molar-refractivity contribution in [1.29, 1.82) is 0 Å². The van der Waals surface area contributed by atoms with Crippen LogP contribution < -0.4 is 5.73 Å². The fourth-order valence-corrected chi connectivity index (χ4v) is 7.00. The van der Waals surface area contributed by atoms with Crippen molar-refractivity contribution >= 4 is 15.9 Å². The lowest BCUT2D eigenvalue weighted by Crippen LogP contribution is -2.48. The summed E-state index contributed by atoms with van der Waals surface area (Å²) in [6.45, 7) is 4.90. The minimum Gasteiger partial charge on any atom is -0.360 e. The summed E-state index contributed by atoms with van der Waals surface area (Å²) in [5.74, 6) is 1.22. The number of nitrogens with two attached hydrogens (primary N) is 1. The maximum atomic E-state index is 13.1. The Morgan fingerprint density at radius 2 is 1.89 bits per heavy atom. The highest BCUT2D eigenvalue weighted by Gasteiger charge is 2.50. The van der Waals surface area contributed by atoms with Gasteiger partial charge in [0.25, 0.3) is 0 Å². The van der Waals surface area contributed by atoms with Crippen LogP contribution in [-0.4, -0.2) is 60.9 Å². The van der Waals surface area contributed by atoms with E-state index in [1.165, 1.54) is 4.31 Å². The Morgan fingerprint density at radius 1 is 1.15 bits per heavy atom. The van der Waals surface area contributed by atoms with Crippen LogP contribution in [0.5, 0.6) is 0 Å². The van der Waals surface area contributed by atoms with Crippen LogP contribution in [0, 0.1) is 31.6 Å². The summed E-state index contributed by atoms with van der Waals surface area (Å²) in [5.41, 5.74) is 6.71. The van der Waals surface area contributed by atoms with Gasteiger partial charge in [-0.2, -0.15) is 4.31 Å². The predicted molar refractivity (Wildman–Crippen MR) is 98.2 cm³/mol. The van der Waals surface area contributed by atoms with E-state index in [4.69, 9.17) is 10.3 Å². The molecule has 0 radical (unpaired) electrons. The van der Waals surface area contributed by atoms with Gasteiger partial charge in [-0.3, -0.25) is 4.79 Å². The highest BCUT2D eigenvalue weighted by atomic mass is 32.2. The number of carbonyl (C=O) groups is 1. The van der Waals surface area contributed by atoms with E-state index < -0.39 is 10.0 Å². The number of carbonyl (C=O) groups excluding carboxylic acids is 1. The molecule has 2 saturated carbocycles. The highest BCUT2D eigenvalue weighted by Crippen LogP contribution is 2.48. The Kier molecular flexibility index (Phi) is 4.80. The minimum atomic E-state index is -3.68. The van der Waals surface area contributed by atoms with Gasteiger partial charge in [0.1, 0.15) is 10.6 Å². The van der Waals surface area contributed by atoms with Crippen LogP contribution in [0.25, 0.3) is 0 Å². The van der Waals surface area contributed by atoms with Crippen LogP contribution in [0.1, 0.15) is 37.1 Å². The average molecular weight is 397 g/mol. The van der Waals surface area contributed by atoms with E-state index in [-0.39, 0.29) is 29.3 Å². The van der Waals surface area contributed by atoms with Crippen molar-refractivity contribution in [2.45, 2.75) is 50.5 Å². The number of aromatic nitrogens is 1. The summed E-state index contributed by atoms with van der Waals surface area (Å²) in [6.07, 6.45) is 3.91. The second kappa shape index (κ2) is 6.86. The van der Waals surface area contributed by atoms with E-state index in [0.29, 0.717) is 49.3 Å². The van der Waals surface area contributed by atoms with E-state index in [1.54, 1.807) is 13.8 Å². The standard InChI is InChI=1S/C18H28N4O4S/c1-11-17(12(2)26-20-11)27(24,25)22-7-3-6-21(8-9-22)18(23)15-13-4-5-14(10-13)16(15)19/h13-16H,3-10,19H2,1-2H3. The molecule has 1 aromatic heterocycles. The van der Waals surface area contributed by atoms with E-state index in [2.05, 4.69) is 5.16 Å². The zero-order chi connectivity index (χ0) is 19.3. The van der Waals surface area contributed by atoms with Crippen LogP contribution in [0.3, 0.4) is 0 Å². The van der Waals surface area contributed by atoms with Crippen LogP contribution in [0.4, 0.5) is 0 Å². The third-order valence-corrected chi connectivity index (χ3v) is 8.74. The van der Waals surface area contributed by atoms with Crippen molar-refractivity contribution in [1.82, 2.24) is 14.4 Å². The Balaban J connectivity index is 1.47. The van der Waals surface area contributed by atoms with Gasteiger partial charge in [-0.25, -0.2) is 8.42 Å². The molecule has 2 bridgehead atoms. The first-order valence-electron chi connectivity index (χ1n) is 9.78. The molecule has 0 spiro atoms. The lowest BCUT2D eigenvalue weighted by Gasteiger charge is -2.32. The molecule has 8 nitrogen and oxygen atoms in total. The van der Waals surface area contributed by atoms with Crippen molar-refractivity contribution in [3.63, 3.8) is 0 Å². The maximum absolute atomic E-state index is 13.1. The number of sulfonamides is 1. The van der Waals surface area contributed by atoms with Gasteiger partial charge in [0.15, 0.2) is 5.76 Å². The van der Waals surface area contributed by atoms with Crippen molar-refractivity contribution in [2.24, 2.45) is 23.5 Å². The van der Waals surface area contributed by atoms with Crippen molar-refractivity contribution in [3.8, 4) is 0 Å². The van der Waals surface area contributed by atoms with Gasteiger partial charge in [0.2, 0.25) is 15.9 Å². The third kappa shape index (κ3) is 3.09. The molecule has 3 fully saturated rings. The number of aryl methyl sites for hydroxylation is 2. The molecule has 2 aliphatic carbocycles. The summed E-state index contributed by atoms with van der Waals surface area (Å²) in [5, 5.41) is 3.77. The van der Waals surface area contributed by atoms with Gasteiger partial charge >= 0.3 is 0 Å². The smallest absolute Gasteiger partial charge is 0.248 e. The molecular weight excluding hydrogens is 368 g/mol. The number of hydrogen-bond acceptors (Lipinski definition) is 6. The zero-order valence-corrected chi connectivity index (χ0v) is 16.7. The molecule has 9 heteroatoms. The Bertz CT molecular complexity index is 815. The molecule has 1 aliphatic heterocycles. The van der Waals surface area contributed by atoms with Crippen molar-refractivity contribution in [2.75, 3.05) is 26.2 Å². The molecule has 1 aromatic rings. The minimum absolute atomic E-state index is 0.0401. The second-order valence-electron chi connectivity index (χ2n) is 8.17. The SMILES string of the molecule is Cc1noc(C)c1S(=O)(=O)N1CCCN(C(=O)C2C3CCC(C3)C2N)CC1.